The Morgan fingerprint density at radius 1 is 1.00 bits per heavy atom. The molecule has 7 heteroatoms. The monoisotopic (exact) mass is 391 g/mol. The van der Waals surface area contributed by atoms with E-state index in [9.17, 15) is 4.79 Å². The largest absolute Gasteiger partial charge is 0.497 e. The van der Waals surface area contributed by atoms with Crippen LogP contribution in [-0.2, 0) is 13.1 Å². The topological polar surface area (TPSA) is 81.7 Å². The van der Waals surface area contributed by atoms with Crippen LogP contribution >= 0.6 is 0 Å². The molecular weight excluding hydrogens is 370 g/mol. The molecule has 0 saturated heterocycles. The lowest BCUT2D eigenvalue weighted by atomic mass is 10.2. The number of carbonyl (C=O) groups is 1. The molecular formula is C22H21N3O4. The van der Waals surface area contributed by atoms with Crippen molar-refractivity contribution in [3.05, 3.63) is 77.5 Å². The molecule has 0 atom stereocenters. The van der Waals surface area contributed by atoms with Gasteiger partial charge in [0.05, 0.1) is 12.7 Å². The second kappa shape index (κ2) is 8.52. The number of methoxy groups -OCH3 is 1. The van der Waals surface area contributed by atoms with Crippen LogP contribution in [-0.4, -0.2) is 24.8 Å². The maximum Gasteiger partial charge on any atom is 0.253 e. The summed E-state index contributed by atoms with van der Waals surface area (Å²) in [5.74, 6) is 2.82. The molecule has 1 amide bonds. The Balaban J connectivity index is 1.29. The minimum Gasteiger partial charge on any atom is -0.497 e. The zero-order chi connectivity index (χ0) is 20.1. The summed E-state index contributed by atoms with van der Waals surface area (Å²) < 4.78 is 15.8. The van der Waals surface area contributed by atoms with E-state index < -0.39 is 0 Å². The molecule has 0 aliphatic carbocycles. The first-order chi connectivity index (χ1) is 14.2. The molecule has 0 unspecified atom stereocenters. The third kappa shape index (κ3) is 4.57. The van der Waals surface area contributed by atoms with Crippen molar-refractivity contribution < 1.29 is 19.0 Å². The minimum absolute atomic E-state index is 0.171. The molecule has 0 bridgehead atoms. The molecule has 148 valence electrons. The Labute approximate surface area is 168 Å². The standard InChI is InChI=1S/C22H21N3O4/c1-27-18-6-2-15(3-7-18)11-25-22(26)17-5-9-21(24-13-17)23-12-16-4-8-19-20(10-16)29-14-28-19/h2-10,13H,11-12,14H2,1H3,(H,23,24)(H,25,26). The first-order valence-electron chi connectivity index (χ1n) is 9.21. The van der Waals surface area contributed by atoms with Gasteiger partial charge in [-0.3, -0.25) is 4.79 Å². The van der Waals surface area contributed by atoms with Crippen LogP contribution in [0.3, 0.4) is 0 Å². The van der Waals surface area contributed by atoms with Crippen LogP contribution in [0.15, 0.2) is 60.8 Å². The number of carbonyl (C=O) groups excluding carboxylic acids is 1. The molecule has 0 spiro atoms. The molecule has 29 heavy (non-hydrogen) atoms. The number of nitrogens with one attached hydrogen (secondary N) is 2. The number of hydrogen-bond donors (Lipinski definition) is 2. The maximum atomic E-state index is 12.3. The van der Waals surface area contributed by atoms with Crippen molar-refractivity contribution in [3.8, 4) is 17.2 Å². The molecule has 2 aromatic carbocycles. The van der Waals surface area contributed by atoms with E-state index in [0.29, 0.717) is 24.5 Å². The number of benzene rings is 2. The predicted octanol–water partition coefficient (Wildman–Crippen LogP) is 3.36. The lowest BCUT2D eigenvalue weighted by Crippen LogP contribution is -2.22. The third-order valence-electron chi connectivity index (χ3n) is 4.55. The SMILES string of the molecule is COc1ccc(CNC(=O)c2ccc(NCc3ccc4c(c3)OCO4)nc2)cc1. The van der Waals surface area contributed by atoms with Crippen molar-refractivity contribution in [1.29, 1.82) is 0 Å². The third-order valence-corrected chi connectivity index (χ3v) is 4.55. The van der Waals surface area contributed by atoms with E-state index in [0.717, 1.165) is 28.4 Å². The van der Waals surface area contributed by atoms with Crippen LogP contribution < -0.4 is 24.8 Å². The van der Waals surface area contributed by atoms with Crippen molar-refractivity contribution in [3.63, 3.8) is 0 Å². The number of ether oxygens (including phenoxy) is 3. The molecule has 2 heterocycles. The highest BCUT2D eigenvalue weighted by atomic mass is 16.7. The number of rotatable bonds is 7. The summed E-state index contributed by atoms with van der Waals surface area (Å²) in [5.41, 5.74) is 2.55. The van der Waals surface area contributed by atoms with Gasteiger partial charge in [-0.1, -0.05) is 18.2 Å². The lowest BCUT2D eigenvalue weighted by molar-refractivity contribution is 0.0950. The van der Waals surface area contributed by atoms with E-state index in [-0.39, 0.29) is 12.7 Å². The highest BCUT2D eigenvalue weighted by molar-refractivity contribution is 5.94. The number of fused-ring (bicyclic) bond motifs is 1. The van der Waals surface area contributed by atoms with Gasteiger partial charge in [-0.2, -0.15) is 0 Å². The molecule has 1 aliphatic heterocycles. The van der Waals surface area contributed by atoms with Crippen molar-refractivity contribution in [2.75, 3.05) is 19.2 Å². The Hall–Kier alpha value is -3.74. The summed E-state index contributed by atoms with van der Waals surface area (Å²) in [5, 5.41) is 6.12. The number of hydrogen-bond acceptors (Lipinski definition) is 6. The van der Waals surface area contributed by atoms with E-state index in [1.54, 1.807) is 25.4 Å². The minimum atomic E-state index is -0.171. The van der Waals surface area contributed by atoms with Crippen molar-refractivity contribution >= 4 is 11.7 Å². The van der Waals surface area contributed by atoms with Crippen molar-refractivity contribution in [2.45, 2.75) is 13.1 Å². The van der Waals surface area contributed by atoms with Gasteiger partial charge in [0.25, 0.3) is 5.91 Å². The van der Waals surface area contributed by atoms with E-state index in [1.165, 1.54) is 0 Å². The van der Waals surface area contributed by atoms with E-state index >= 15 is 0 Å². The number of amides is 1. The smallest absolute Gasteiger partial charge is 0.253 e. The van der Waals surface area contributed by atoms with E-state index in [4.69, 9.17) is 14.2 Å². The van der Waals surface area contributed by atoms with E-state index in [2.05, 4.69) is 15.6 Å². The van der Waals surface area contributed by atoms with Gasteiger partial charge in [-0.05, 0) is 47.5 Å². The molecule has 1 aromatic heterocycles. The Kier molecular flexibility index (Phi) is 5.47. The van der Waals surface area contributed by atoms with Crippen LogP contribution in [0, 0.1) is 0 Å². The maximum absolute atomic E-state index is 12.3. The van der Waals surface area contributed by atoms with Gasteiger partial charge in [0, 0.05) is 19.3 Å². The normalized spacial score (nSPS) is 11.8. The van der Waals surface area contributed by atoms with Gasteiger partial charge in [0.2, 0.25) is 6.79 Å². The van der Waals surface area contributed by atoms with Crippen LogP contribution in [0.5, 0.6) is 17.2 Å². The average molecular weight is 391 g/mol. The molecule has 3 aromatic rings. The van der Waals surface area contributed by atoms with Crippen molar-refractivity contribution in [1.82, 2.24) is 10.3 Å². The van der Waals surface area contributed by atoms with Gasteiger partial charge in [0.15, 0.2) is 11.5 Å². The number of anilines is 1. The molecule has 0 radical (unpaired) electrons. The highest BCUT2D eigenvalue weighted by Crippen LogP contribution is 2.32. The van der Waals surface area contributed by atoms with Gasteiger partial charge in [0.1, 0.15) is 11.6 Å². The summed E-state index contributed by atoms with van der Waals surface area (Å²) in [6, 6.07) is 16.9. The highest BCUT2D eigenvalue weighted by Gasteiger charge is 2.13. The van der Waals surface area contributed by atoms with Crippen LogP contribution in [0.2, 0.25) is 0 Å². The molecule has 1 aliphatic rings. The van der Waals surface area contributed by atoms with Gasteiger partial charge >= 0.3 is 0 Å². The van der Waals surface area contributed by atoms with Gasteiger partial charge in [-0.15, -0.1) is 0 Å². The quantitative estimate of drug-likeness (QED) is 0.643. The van der Waals surface area contributed by atoms with Crippen LogP contribution in [0.4, 0.5) is 5.82 Å². The Morgan fingerprint density at radius 2 is 1.79 bits per heavy atom. The first kappa shape index (κ1) is 18.6. The summed E-state index contributed by atoms with van der Waals surface area (Å²) in [7, 11) is 1.62. The summed E-state index contributed by atoms with van der Waals surface area (Å²) in [6.45, 7) is 1.29. The molecule has 0 fully saturated rings. The first-order valence-corrected chi connectivity index (χ1v) is 9.21. The Bertz CT molecular complexity index is 988. The molecule has 0 saturated carbocycles. The molecule has 7 nitrogen and oxygen atoms in total. The average Bonchev–Trinajstić information content (AvgIpc) is 3.24. The predicted molar refractivity (Wildman–Crippen MR) is 108 cm³/mol. The van der Waals surface area contributed by atoms with Gasteiger partial charge < -0.3 is 24.8 Å². The van der Waals surface area contributed by atoms with Crippen LogP contribution in [0.25, 0.3) is 0 Å². The molecule has 4 rings (SSSR count). The second-order valence-electron chi connectivity index (χ2n) is 6.50. The lowest BCUT2D eigenvalue weighted by Gasteiger charge is -2.08. The summed E-state index contributed by atoms with van der Waals surface area (Å²) in [6.07, 6.45) is 1.56. The number of pyridine rings is 1. The Morgan fingerprint density at radius 3 is 2.55 bits per heavy atom. The van der Waals surface area contributed by atoms with Crippen molar-refractivity contribution in [2.24, 2.45) is 0 Å². The fourth-order valence-corrected chi connectivity index (χ4v) is 2.90. The fourth-order valence-electron chi connectivity index (χ4n) is 2.90. The van der Waals surface area contributed by atoms with E-state index in [1.807, 2.05) is 42.5 Å². The zero-order valence-corrected chi connectivity index (χ0v) is 16.0. The zero-order valence-electron chi connectivity index (χ0n) is 16.0. The van der Waals surface area contributed by atoms with Crippen LogP contribution in [0.1, 0.15) is 21.5 Å². The van der Waals surface area contributed by atoms with Gasteiger partial charge in [-0.25, -0.2) is 4.98 Å². The summed E-state index contributed by atoms with van der Waals surface area (Å²) >= 11 is 0. The number of aromatic nitrogens is 1. The number of nitrogens with zero attached hydrogens (tertiary/aromatic N) is 1. The fraction of sp³-hybridized carbons (Fsp3) is 0.182. The second-order valence-corrected chi connectivity index (χ2v) is 6.50. The summed E-state index contributed by atoms with van der Waals surface area (Å²) in [4.78, 5) is 16.6. The molecule has 2 N–H and O–H groups in total.